The summed E-state index contributed by atoms with van der Waals surface area (Å²) in [4.78, 5) is 0. The molecule has 0 radical (unpaired) electrons. The van der Waals surface area contributed by atoms with Gasteiger partial charge in [0.05, 0.1) is 11.9 Å². The van der Waals surface area contributed by atoms with Gasteiger partial charge < -0.3 is 4.74 Å². The quantitative estimate of drug-likeness (QED) is 0.498. The SMILES string of the molecule is CC(C)OCCCS(=O)(=O)Cl. The summed E-state index contributed by atoms with van der Waals surface area (Å²) in [7, 11) is 1.64. The Kier molecular flexibility index (Phi) is 5.04. The van der Waals surface area contributed by atoms with Crippen molar-refractivity contribution in [3.05, 3.63) is 0 Å². The average Bonchev–Trinajstić information content (AvgIpc) is 1.78. The first-order valence-electron chi connectivity index (χ1n) is 3.46. The van der Waals surface area contributed by atoms with Crippen LogP contribution in [-0.4, -0.2) is 26.9 Å². The van der Waals surface area contributed by atoms with Crippen LogP contribution in [0.1, 0.15) is 20.3 Å². The molecule has 0 aliphatic rings. The Morgan fingerprint density at radius 3 is 2.36 bits per heavy atom. The molecule has 5 heteroatoms. The predicted octanol–water partition coefficient (Wildman–Crippen LogP) is 1.37. The second kappa shape index (κ2) is 4.95. The molecule has 0 rings (SSSR count). The third kappa shape index (κ3) is 10.2. The van der Waals surface area contributed by atoms with Crippen molar-refractivity contribution in [3.63, 3.8) is 0 Å². The molecule has 3 nitrogen and oxygen atoms in total. The molecule has 68 valence electrons. The topological polar surface area (TPSA) is 43.4 Å². The van der Waals surface area contributed by atoms with Crippen LogP contribution in [0, 0.1) is 0 Å². The van der Waals surface area contributed by atoms with Crippen LogP contribution in [0.3, 0.4) is 0 Å². The summed E-state index contributed by atoms with van der Waals surface area (Å²) in [6.45, 7) is 4.24. The van der Waals surface area contributed by atoms with Gasteiger partial charge in [-0.2, -0.15) is 0 Å². The molecule has 0 bridgehead atoms. The monoisotopic (exact) mass is 200 g/mol. The summed E-state index contributed by atoms with van der Waals surface area (Å²) in [5, 5.41) is 0. The van der Waals surface area contributed by atoms with Crippen molar-refractivity contribution in [2.45, 2.75) is 26.4 Å². The molecule has 0 aliphatic carbocycles. The summed E-state index contributed by atoms with van der Waals surface area (Å²) in [6, 6.07) is 0. The molecule has 0 aromatic rings. The number of hydrogen-bond donors (Lipinski definition) is 0. The van der Waals surface area contributed by atoms with Gasteiger partial charge >= 0.3 is 0 Å². The Morgan fingerprint density at radius 2 is 2.00 bits per heavy atom. The fourth-order valence-corrected chi connectivity index (χ4v) is 1.34. The van der Waals surface area contributed by atoms with E-state index in [1.54, 1.807) is 0 Å². The maximum atomic E-state index is 10.4. The molecule has 0 saturated heterocycles. The van der Waals surface area contributed by atoms with Crippen LogP contribution in [0.5, 0.6) is 0 Å². The van der Waals surface area contributed by atoms with Crippen molar-refractivity contribution < 1.29 is 13.2 Å². The Balaban J connectivity index is 3.30. The molecular formula is C6H13ClO3S. The Bertz CT molecular complexity index is 186. The molecule has 0 aromatic heterocycles. The summed E-state index contributed by atoms with van der Waals surface area (Å²) in [6.07, 6.45) is 0.609. The second-order valence-electron chi connectivity index (χ2n) is 2.52. The van der Waals surface area contributed by atoms with Gasteiger partial charge in [-0.05, 0) is 20.3 Å². The van der Waals surface area contributed by atoms with E-state index in [9.17, 15) is 8.42 Å². The summed E-state index contributed by atoms with van der Waals surface area (Å²) in [5.41, 5.74) is 0. The van der Waals surface area contributed by atoms with Crippen LogP contribution in [0.15, 0.2) is 0 Å². The van der Waals surface area contributed by atoms with E-state index < -0.39 is 9.05 Å². The van der Waals surface area contributed by atoms with Crippen molar-refractivity contribution in [1.82, 2.24) is 0 Å². The first kappa shape index (κ1) is 11.2. The van der Waals surface area contributed by atoms with Gasteiger partial charge in [0, 0.05) is 17.3 Å². The van der Waals surface area contributed by atoms with E-state index in [1.165, 1.54) is 0 Å². The van der Waals surface area contributed by atoms with Crippen molar-refractivity contribution in [1.29, 1.82) is 0 Å². The van der Waals surface area contributed by atoms with Gasteiger partial charge in [0.15, 0.2) is 0 Å². The minimum Gasteiger partial charge on any atom is -0.379 e. The van der Waals surface area contributed by atoms with E-state index in [1.807, 2.05) is 13.8 Å². The minimum absolute atomic E-state index is 0.0126. The van der Waals surface area contributed by atoms with E-state index in [0.29, 0.717) is 13.0 Å². The minimum atomic E-state index is -3.33. The van der Waals surface area contributed by atoms with Crippen LogP contribution < -0.4 is 0 Å². The van der Waals surface area contributed by atoms with Crippen molar-refractivity contribution in [3.8, 4) is 0 Å². The summed E-state index contributed by atoms with van der Waals surface area (Å²) < 4.78 is 25.9. The number of rotatable bonds is 5. The Morgan fingerprint density at radius 1 is 1.45 bits per heavy atom. The van der Waals surface area contributed by atoms with Gasteiger partial charge in [-0.15, -0.1) is 0 Å². The third-order valence-corrected chi connectivity index (χ3v) is 2.22. The van der Waals surface area contributed by atoms with Crippen molar-refractivity contribution in [2.75, 3.05) is 12.4 Å². The maximum absolute atomic E-state index is 10.4. The van der Waals surface area contributed by atoms with Crippen LogP contribution in [0.2, 0.25) is 0 Å². The fraction of sp³-hybridized carbons (Fsp3) is 1.00. The number of hydrogen-bond acceptors (Lipinski definition) is 3. The molecule has 0 atom stereocenters. The molecule has 0 saturated carbocycles. The van der Waals surface area contributed by atoms with E-state index >= 15 is 0 Å². The van der Waals surface area contributed by atoms with Crippen LogP contribution in [-0.2, 0) is 13.8 Å². The Hall–Kier alpha value is 0.200. The molecule has 0 fully saturated rings. The lowest BCUT2D eigenvalue weighted by molar-refractivity contribution is 0.0798. The molecule has 0 N–H and O–H groups in total. The highest BCUT2D eigenvalue weighted by Gasteiger charge is 2.04. The molecule has 0 aromatic carbocycles. The molecule has 0 aliphatic heterocycles. The molecular weight excluding hydrogens is 188 g/mol. The normalized spacial score (nSPS) is 12.4. The maximum Gasteiger partial charge on any atom is 0.232 e. The molecule has 0 amide bonds. The van der Waals surface area contributed by atoms with Crippen LogP contribution in [0.25, 0.3) is 0 Å². The van der Waals surface area contributed by atoms with Gasteiger partial charge in [-0.25, -0.2) is 8.42 Å². The first-order valence-corrected chi connectivity index (χ1v) is 5.93. The molecule has 0 unspecified atom stereocenters. The van der Waals surface area contributed by atoms with Gasteiger partial charge in [-0.3, -0.25) is 0 Å². The smallest absolute Gasteiger partial charge is 0.232 e. The average molecular weight is 201 g/mol. The first-order chi connectivity index (χ1) is 4.92. The van der Waals surface area contributed by atoms with Crippen LogP contribution >= 0.6 is 10.7 Å². The zero-order valence-electron chi connectivity index (χ0n) is 6.71. The van der Waals surface area contributed by atoms with E-state index in [-0.39, 0.29) is 11.9 Å². The fourth-order valence-electron chi connectivity index (χ4n) is 0.550. The zero-order chi connectivity index (χ0) is 8.91. The third-order valence-electron chi connectivity index (χ3n) is 0.984. The van der Waals surface area contributed by atoms with E-state index in [0.717, 1.165) is 0 Å². The van der Waals surface area contributed by atoms with Gasteiger partial charge in [0.1, 0.15) is 0 Å². The lowest BCUT2D eigenvalue weighted by Gasteiger charge is -2.05. The highest BCUT2D eigenvalue weighted by atomic mass is 35.7. The van der Waals surface area contributed by atoms with Crippen LogP contribution in [0.4, 0.5) is 0 Å². The zero-order valence-corrected chi connectivity index (χ0v) is 8.28. The van der Waals surface area contributed by atoms with Crippen molar-refractivity contribution >= 4 is 19.7 Å². The summed E-state index contributed by atoms with van der Waals surface area (Å²) >= 11 is 0. The van der Waals surface area contributed by atoms with Gasteiger partial charge in [0.25, 0.3) is 0 Å². The standard InChI is InChI=1S/C6H13ClO3S/c1-6(2)10-4-3-5-11(7,8)9/h6H,3-5H2,1-2H3. The lowest BCUT2D eigenvalue weighted by Crippen LogP contribution is -2.07. The highest BCUT2D eigenvalue weighted by Crippen LogP contribution is 1.99. The Labute approximate surface area is 72.1 Å². The molecule has 0 spiro atoms. The second-order valence-corrected chi connectivity index (χ2v) is 5.41. The number of halogens is 1. The number of ether oxygens (including phenoxy) is 1. The van der Waals surface area contributed by atoms with Crippen molar-refractivity contribution in [2.24, 2.45) is 0 Å². The summed E-state index contributed by atoms with van der Waals surface area (Å²) in [5.74, 6) is -0.0126. The largest absolute Gasteiger partial charge is 0.379 e. The highest BCUT2D eigenvalue weighted by molar-refractivity contribution is 8.13. The van der Waals surface area contributed by atoms with Gasteiger partial charge in [0.2, 0.25) is 9.05 Å². The lowest BCUT2D eigenvalue weighted by atomic mass is 10.4. The van der Waals surface area contributed by atoms with E-state index in [2.05, 4.69) is 0 Å². The molecule has 11 heavy (non-hydrogen) atoms. The molecule has 0 heterocycles. The van der Waals surface area contributed by atoms with E-state index in [4.69, 9.17) is 15.4 Å². The van der Waals surface area contributed by atoms with Gasteiger partial charge in [-0.1, -0.05) is 0 Å². The predicted molar refractivity (Wildman–Crippen MR) is 45.3 cm³/mol.